The topological polar surface area (TPSA) is 80.6 Å². The Balaban J connectivity index is 1.30. The largest absolute Gasteiger partial charge is 0.286 e. The van der Waals surface area contributed by atoms with Crippen molar-refractivity contribution in [1.29, 1.82) is 0 Å². The zero-order valence-corrected chi connectivity index (χ0v) is 21.9. The highest BCUT2D eigenvalue weighted by molar-refractivity contribution is 5.55. The normalized spacial score (nSPS) is 11.0. The van der Waals surface area contributed by atoms with E-state index < -0.39 is 0 Å². The molecular weight excluding hydrogens is 494 g/mol. The Hall–Kier alpha value is -5.14. The summed E-state index contributed by atoms with van der Waals surface area (Å²) in [5, 5.41) is 0. The van der Waals surface area contributed by atoms with Gasteiger partial charge in [-0.2, -0.15) is 0 Å². The van der Waals surface area contributed by atoms with Crippen molar-refractivity contribution in [2.45, 2.75) is 19.6 Å². The highest BCUT2D eigenvalue weighted by Crippen LogP contribution is 2.20. The first-order valence-electron chi connectivity index (χ1n) is 13.1. The molecule has 6 heterocycles. The molecule has 0 aromatic carbocycles. The van der Waals surface area contributed by atoms with E-state index >= 15 is 0 Å². The Morgan fingerprint density at radius 2 is 0.675 bits per heavy atom. The fraction of sp³-hybridized carbons (Fsp3) is 0.0909. The van der Waals surface area contributed by atoms with E-state index in [1.165, 1.54) is 0 Å². The van der Waals surface area contributed by atoms with E-state index in [-0.39, 0.29) is 0 Å². The SMILES string of the molecule is c1ccc(-c2cccc(CN(Cc3cccc(-c4ccccn4)n3)Cc3cccc(-c4ccccn4)n3)n2)nc1. The van der Waals surface area contributed by atoms with Gasteiger partial charge in [0.15, 0.2) is 0 Å². The lowest BCUT2D eigenvalue weighted by Crippen LogP contribution is -2.24. The van der Waals surface area contributed by atoms with Crippen LogP contribution in [0.5, 0.6) is 0 Å². The van der Waals surface area contributed by atoms with Crippen LogP contribution in [0.4, 0.5) is 0 Å². The van der Waals surface area contributed by atoms with Crippen LogP contribution in [-0.4, -0.2) is 34.8 Å². The molecule has 0 spiro atoms. The van der Waals surface area contributed by atoms with Gasteiger partial charge >= 0.3 is 0 Å². The maximum absolute atomic E-state index is 4.93. The molecule has 0 bridgehead atoms. The second kappa shape index (κ2) is 12.1. The zero-order chi connectivity index (χ0) is 27.0. The van der Waals surface area contributed by atoms with Crippen molar-refractivity contribution in [1.82, 2.24) is 34.8 Å². The Bertz CT molecular complexity index is 1470. The maximum Gasteiger partial charge on any atom is 0.0890 e. The molecule has 0 saturated heterocycles. The summed E-state index contributed by atoms with van der Waals surface area (Å²) < 4.78 is 0. The molecule has 0 radical (unpaired) electrons. The van der Waals surface area contributed by atoms with Gasteiger partial charge in [-0.1, -0.05) is 36.4 Å². The van der Waals surface area contributed by atoms with Crippen molar-refractivity contribution in [2.75, 3.05) is 0 Å². The molecule has 0 N–H and O–H groups in total. The Labute approximate surface area is 233 Å². The minimum Gasteiger partial charge on any atom is -0.286 e. The van der Waals surface area contributed by atoms with Gasteiger partial charge in [-0.15, -0.1) is 0 Å². The van der Waals surface area contributed by atoms with Gasteiger partial charge in [-0.3, -0.25) is 19.9 Å². The molecule has 0 aliphatic carbocycles. The van der Waals surface area contributed by atoms with Gasteiger partial charge in [0.05, 0.1) is 51.2 Å². The van der Waals surface area contributed by atoms with Crippen LogP contribution >= 0.6 is 0 Å². The summed E-state index contributed by atoms with van der Waals surface area (Å²) in [4.78, 5) is 30.5. The van der Waals surface area contributed by atoms with Gasteiger partial charge in [0.25, 0.3) is 0 Å². The van der Waals surface area contributed by atoms with Crippen LogP contribution in [0.1, 0.15) is 17.1 Å². The predicted octanol–water partition coefficient (Wildman–Crippen LogP) is 6.26. The highest BCUT2D eigenvalue weighted by atomic mass is 15.1. The van der Waals surface area contributed by atoms with E-state index in [1.807, 2.05) is 91.0 Å². The molecule has 6 aromatic heterocycles. The molecule has 0 fully saturated rings. The van der Waals surface area contributed by atoms with Crippen molar-refractivity contribution in [3.8, 4) is 34.2 Å². The van der Waals surface area contributed by atoms with E-state index in [0.717, 1.165) is 51.2 Å². The molecular formula is C33H27N7. The number of pyridine rings is 6. The molecule has 0 saturated carbocycles. The van der Waals surface area contributed by atoms with E-state index in [4.69, 9.17) is 15.0 Å². The van der Waals surface area contributed by atoms with Gasteiger partial charge in [0.1, 0.15) is 0 Å². The maximum atomic E-state index is 4.93. The number of hydrogen-bond donors (Lipinski definition) is 0. The molecule has 194 valence electrons. The summed E-state index contributed by atoms with van der Waals surface area (Å²) in [7, 11) is 0. The van der Waals surface area contributed by atoms with Crippen molar-refractivity contribution in [3.05, 3.63) is 145 Å². The van der Waals surface area contributed by atoms with E-state index in [2.05, 4.69) is 38.1 Å². The minimum absolute atomic E-state index is 0.617. The second-order valence-corrected chi connectivity index (χ2v) is 9.33. The van der Waals surface area contributed by atoms with Gasteiger partial charge in [0, 0.05) is 38.2 Å². The van der Waals surface area contributed by atoms with Crippen molar-refractivity contribution in [2.24, 2.45) is 0 Å². The molecule has 7 nitrogen and oxygen atoms in total. The monoisotopic (exact) mass is 521 g/mol. The fourth-order valence-electron chi connectivity index (χ4n) is 4.53. The van der Waals surface area contributed by atoms with E-state index in [9.17, 15) is 0 Å². The first kappa shape index (κ1) is 25.2. The minimum atomic E-state index is 0.617. The lowest BCUT2D eigenvalue weighted by molar-refractivity contribution is 0.239. The van der Waals surface area contributed by atoms with Crippen LogP contribution in [0, 0.1) is 0 Å². The molecule has 0 amide bonds. The number of aromatic nitrogens is 6. The summed E-state index contributed by atoms with van der Waals surface area (Å²) >= 11 is 0. The van der Waals surface area contributed by atoms with Crippen LogP contribution in [0.15, 0.2) is 128 Å². The summed E-state index contributed by atoms with van der Waals surface area (Å²) in [6.07, 6.45) is 5.36. The quantitative estimate of drug-likeness (QED) is 0.222. The predicted molar refractivity (Wildman–Crippen MR) is 155 cm³/mol. The van der Waals surface area contributed by atoms with Crippen LogP contribution in [0.2, 0.25) is 0 Å². The average molecular weight is 522 g/mol. The average Bonchev–Trinajstić information content (AvgIpc) is 3.03. The molecule has 6 aromatic rings. The van der Waals surface area contributed by atoms with E-state index in [1.54, 1.807) is 18.6 Å². The van der Waals surface area contributed by atoms with E-state index in [0.29, 0.717) is 19.6 Å². The first-order chi connectivity index (χ1) is 19.8. The summed E-state index contributed by atoms with van der Waals surface area (Å²) in [6, 6.07) is 35.8. The summed E-state index contributed by atoms with van der Waals surface area (Å²) in [5.74, 6) is 0. The molecule has 7 heteroatoms. The van der Waals surface area contributed by atoms with Crippen LogP contribution in [-0.2, 0) is 19.6 Å². The zero-order valence-electron chi connectivity index (χ0n) is 21.9. The summed E-state index contributed by atoms with van der Waals surface area (Å²) in [6.45, 7) is 1.85. The smallest absolute Gasteiger partial charge is 0.0890 e. The third-order valence-corrected chi connectivity index (χ3v) is 6.36. The van der Waals surface area contributed by atoms with Crippen molar-refractivity contribution < 1.29 is 0 Å². The van der Waals surface area contributed by atoms with Crippen LogP contribution in [0.3, 0.4) is 0 Å². The number of hydrogen-bond acceptors (Lipinski definition) is 7. The van der Waals surface area contributed by atoms with Crippen molar-refractivity contribution >= 4 is 0 Å². The molecule has 0 unspecified atom stereocenters. The van der Waals surface area contributed by atoms with Crippen LogP contribution in [0.25, 0.3) is 34.2 Å². The molecule has 40 heavy (non-hydrogen) atoms. The number of nitrogens with zero attached hydrogens (tertiary/aromatic N) is 7. The second-order valence-electron chi connectivity index (χ2n) is 9.33. The third-order valence-electron chi connectivity index (χ3n) is 6.36. The molecule has 0 aliphatic heterocycles. The third kappa shape index (κ3) is 6.28. The standard InChI is InChI=1S/C33H27N7/c1-4-19-34-28(13-1)31-16-7-10-25(37-31)22-40(23-26-11-8-17-32(38-26)29-14-2-5-20-35-29)24-27-12-9-18-33(39-27)30-15-3-6-21-36-30/h1-21H,22-24H2. The van der Waals surface area contributed by atoms with Crippen LogP contribution < -0.4 is 0 Å². The van der Waals surface area contributed by atoms with Crippen molar-refractivity contribution in [3.63, 3.8) is 0 Å². The molecule has 0 atom stereocenters. The molecule has 6 rings (SSSR count). The summed E-state index contributed by atoms with van der Waals surface area (Å²) in [5.41, 5.74) is 7.96. The van der Waals surface area contributed by atoms with Gasteiger partial charge < -0.3 is 0 Å². The Kier molecular flexibility index (Phi) is 7.64. The Morgan fingerprint density at radius 1 is 0.350 bits per heavy atom. The van der Waals surface area contributed by atoms with Gasteiger partial charge in [-0.05, 0) is 72.8 Å². The van der Waals surface area contributed by atoms with Gasteiger partial charge in [0.2, 0.25) is 0 Å². The molecule has 0 aliphatic rings. The first-order valence-corrected chi connectivity index (χ1v) is 13.1. The van der Waals surface area contributed by atoms with Gasteiger partial charge in [-0.25, -0.2) is 15.0 Å². The Morgan fingerprint density at radius 3 is 0.975 bits per heavy atom. The lowest BCUT2D eigenvalue weighted by atomic mass is 10.2. The lowest BCUT2D eigenvalue weighted by Gasteiger charge is -2.22. The highest BCUT2D eigenvalue weighted by Gasteiger charge is 2.14. The fourth-order valence-corrected chi connectivity index (χ4v) is 4.53. The number of rotatable bonds is 9.